The van der Waals surface area contributed by atoms with Crippen LogP contribution in [0, 0.1) is 0 Å². The fourth-order valence-corrected chi connectivity index (χ4v) is 4.48. The molecule has 0 spiro atoms. The van der Waals surface area contributed by atoms with Crippen LogP contribution in [0.25, 0.3) is 11.3 Å². The summed E-state index contributed by atoms with van der Waals surface area (Å²) in [4.78, 5) is 42.5. The van der Waals surface area contributed by atoms with Crippen LogP contribution in [0.3, 0.4) is 0 Å². The normalized spacial score (nSPS) is 14.1. The van der Waals surface area contributed by atoms with Gasteiger partial charge in [0.2, 0.25) is 11.9 Å². The number of amides is 1. The molecule has 1 amide bonds. The van der Waals surface area contributed by atoms with Gasteiger partial charge >= 0.3 is 7.82 Å². The van der Waals surface area contributed by atoms with Crippen molar-refractivity contribution in [1.82, 2.24) is 14.9 Å². The number of ether oxygens (including phenoxy) is 1. The number of rotatable bonds is 12. The Labute approximate surface area is 236 Å². The minimum Gasteiger partial charge on any atom is -0.369 e. The van der Waals surface area contributed by atoms with Crippen molar-refractivity contribution in [3.8, 4) is 11.3 Å². The molecule has 2 heterocycles. The van der Waals surface area contributed by atoms with Crippen molar-refractivity contribution in [3.05, 3.63) is 72.4 Å². The zero-order valence-corrected chi connectivity index (χ0v) is 23.2. The number of hydrogen-bond acceptors (Lipinski definition) is 9. The molecule has 4 rings (SSSR count). The maximum absolute atomic E-state index is 11.7. The predicted molar refractivity (Wildman–Crippen MR) is 154 cm³/mol. The van der Waals surface area contributed by atoms with Crippen LogP contribution in [0.4, 0.5) is 23.0 Å². The number of anilines is 4. The highest BCUT2D eigenvalue weighted by Crippen LogP contribution is 2.35. The third kappa shape index (κ3) is 8.83. The zero-order chi connectivity index (χ0) is 28.5. The highest BCUT2D eigenvalue weighted by molar-refractivity contribution is 7.46. The number of hydrogen-bond donors (Lipinski definition) is 4. The Morgan fingerprint density at radius 1 is 1.12 bits per heavy atom. The fourth-order valence-electron chi connectivity index (χ4n) is 4.06. The first kappa shape index (κ1) is 29.6. The van der Waals surface area contributed by atoms with Gasteiger partial charge in [0.15, 0.2) is 6.79 Å². The highest BCUT2D eigenvalue weighted by atomic mass is 35.5. The summed E-state index contributed by atoms with van der Waals surface area (Å²) in [5.74, 6) is 0.0689. The molecule has 1 aromatic heterocycles. The van der Waals surface area contributed by atoms with Gasteiger partial charge in [0.05, 0.1) is 23.5 Å². The van der Waals surface area contributed by atoms with Crippen LogP contribution in [0.5, 0.6) is 0 Å². The molecule has 0 radical (unpaired) electrons. The van der Waals surface area contributed by atoms with Crippen molar-refractivity contribution < 1.29 is 28.4 Å². The summed E-state index contributed by atoms with van der Waals surface area (Å²) in [5, 5.41) is 6.36. The van der Waals surface area contributed by atoms with Gasteiger partial charge in [0.25, 0.3) is 0 Å². The summed E-state index contributed by atoms with van der Waals surface area (Å²) < 4.78 is 20.1. The van der Waals surface area contributed by atoms with E-state index in [2.05, 4.69) is 41.5 Å². The zero-order valence-electron chi connectivity index (χ0n) is 21.6. The van der Waals surface area contributed by atoms with Crippen LogP contribution >= 0.6 is 19.4 Å². The summed E-state index contributed by atoms with van der Waals surface area (Å²) >= 11 is 6.41. The molecule has 0 aliphatic carbocycles. The molecular weight excluding hydrogens is 559 g/mol. The predicted octanol–water partition coefficient (Wildman–Crippen LogP) is 3.87. The number of carbonyl (C=O) groups is 1. The second kappa shape index (κ2) is 13.8. The molecule has 1 saturated heterocycles. The average molecular weight is 589 g/mol. The first-order chi connectivity index (χ1) is 19.2. The lowest BCUT2D eigenvalue weighted by Crippen LogP contribution is -2.47. The van der Waals surface area contributed by atoms with Gasteiger partial charge in [0, 0.05) is 55.3 Å². The molecule has 40 heavy (non-hydrogen) atoms. The molecule has 1 aliphatic heterocycles. The van der Waals surface area contributed by atoms with E-state index in [-0.39, 0.29) is 5.91 Å². The van der Waals surface area contributed by atoms with Gasteiger partial charge in [-0.3, -0.25) is 14.2 Å². The quantitative estimate of drug-likeness (QED) is 0.106. The van der Waals surface area contributed by atoms with Gasteiger partial charge in [-0.05, 0) is 36.4 Å². The Morgan fingerprint density at radius 2 is 1.88 bits per heavy atom. The summed E-state index contributed by atoms with van der Waals surface area (Å²) in [7, 11) is -4.51. The summed E-state index contributed by atoms with van der Waals surface area (Å²) in [6.07, 6.45) is 2.74. The van der Waals surface area contributed by atoms with Gasteiger partial charge in [-0.2, -0.15) is 0 Å². The van der Waals surface area contributed by atoms with Crippen LogP contribution in [-0.2, 0) is 18.6 Å². The number of carbonyl (C=O) groups excluding carboxylic acids is 1. The molecule has 4 N–H and O–H groups in total. The first-order valence-corrected chi connectivity index (χ1v) is 14.3. The van der Waals surface area contributed by atoms with Crippen LogP contribution in [0.2, 0.25) is 5.02 Å². The molecule has 12 nitrogen and oxygen atoms in total. The second-order valence-electron chi connectivity index (χ2n) is 8.81. The van der Waals surface area contributed by atoms with E-state index in [1.54, 1.807) is 18.2 Å². The van der Waals surface area contributed by atoms with Crippen LogP contribution in [0.15, 0.2) is 67.4 Å². The minimum absolute atomic E-state index is 0.310. The van der Waals surface area contributed by atoms with Crippen molar-refractivity contribution >= 4 is 48.3 Å². The Kier molecular flexibility index (Phi) is 10.2. The maximum Gasteiger partial charge on any atom is 0.471 e. The van der Waals surface area contributed by atoms with E-state index in [0.29, 0.717) is 35.5 Å². The van der Waals surface area contributed by atoms with Gasteiger partial charge in [0.1, 0.15) is 0 Å². The topological polar surface area (TPSA) is 149 Å². The van der Waals surface area contributed by atoms with Crippen LogP contribution < -0.4 is 15.5 Å². The number of phosphoric ester groups is 1. The monoisotopic (exact) mass is 588 g/mol. The Balaban J connectivity index is 1.35. The first-order valence-electron chi connectivity index (χ1n) is 12.4. The molecule has 0 atom stereocenters. The van der Waals surface area contributed by atoms with E-state index < -0.39 is 14.6 Å². The lowest BCUT2D eigenvalue weighted by molar-refractivity contribution is -0.111. The number of nitrogens with zero attached hydrogens (tertiary/aromatic N) is 4. The SMILES string of the molecule is C=CC(=O)Nc1cccc(-c2nc(Nc3cccc(N4CCN(CCOCOP(=O)(O)O)CC4)c3)ncc2Cl)c1. The minimum atomic E-state index is -4.51. The molecule has 3 aromatic rings. The van der Waals surface area contributed by atoms with Crippen molar-refractivity contribution in [3.63, 3.8) is 0 Å². The van der Waals surface area contributed by atoms with Gasteiger partial charge in [-0.15, -0.1) is 0 Å². The standard InChI is InChI=1S/C26H30ClN6O6P/c1-2-24(34)29-20-6-3-5-19(15-20)25-23(27)17-28-26(31-25)30-21-7-4-8-22(16-21)33-11-9-32(10-12-33)13-14-38-18-39-40(35,36)37/h2-8,15-17H,1,9-14,18H2,(H,29,34)(H,28,30,31)(H2,35,36,37). The number of piperazine rings is 1. The average Bonchev–Trinajstić information content (AvgIpc) is 2.94. The van der Waals surface area contributed by atoms with E-state index in [1.165, 1.54) is 12.3 Å². The number of aromatic nitrogens is 2. The maximum atomic E-state index is 11.7. The molecule has 1 aliphatic rings. The number of benzene rings is 2. The second-order valence-corrected chi connectivity index (χ2v) is 10.5. The number of nitrogens with one attached hydrogen (secondary N) is 2. The third-order valence-corrected chi connectivity index (χ3v) is 6.75. The van der Waals surface area contributed by atoms with Gasteiger partial charge < -0.3 is 30.1 Å². The van der Waals surface area contributed by atoms with E-state index in [0.717, 1.165) is 43.1 Å². The lowest BCUT2D eigenvalue weighted by atomic mass is 10.1. The van der Waals surface area contributed by atoms with Crippen molar-refractivity contribution in [1.29, 1.82) is 0 Å². The molecular formula is C26H30ClN6O6P. The van der Waals surface area contributed by atoms with E-state index in [9.17, 15) is 9.36 Å². The Morgan fingerprint density at radius 3 is 2.62 bits per heavy atom. The van der Waals surface area contributed by atoms with Crippen molar-refractivity contribution in [2.45, 2.75) is 0 Å². The van der Waals surface area contributed by atoms with Gasteiger partial charge in [-0.1, -0.05) is 36.4 Å². The van der Waals surface area contributed by atoms with Crippen LogP contribution in [-0.4, -0.2) is 76.7 Å². The molecule has 212 valence electrons. The number of phosphoric acid groups is 1. The summed E-state index contributed by atoms with van der Waals surface area (Å²) in [6, 6.07) is 15.2. The van der Waals surface area contributed by atoms with Crippen LogP contribution in [0.1, 0.15) is 0 Å². The molecule has 0 unspecified atom stereocenters. The Hall–Kier alpha value is -3.35. The van der Waals surface area contributed by atoms with E-state index >= 15 is 0 Å². The summed E-state index contributed by atoms with van der Waals surface area (Å²) in [6.45, 7) is 7.23. The smallest absolute Gasteiger partial charge is 0.369 e. The molecule has 1 fully saturated rings. The van der Waals surface area contributed by atoms with E-state index in [4.69, 9.17) is 26.1 Å². The molecule has 2 aromatic carbocycles. The van der Waals surface area contributed by atoms with Crippen molar-refractivity contribution in [2.75, 3.05) is 61.7 Å². The van der Waals surface area contributed by atoms with Crippen molar-refractivity contribution in [2.24, 2.45) is 0 Å². The largest absolute Gasteiger partial charge is 0.471 e. The molecule has 0 saturated carbocycles. The molecule has 14 heteroatoms. The fraction of sp³-hybridized carbons (Fsp3) is 0.269. The van der Waals surface area contributed by atoms with E-state index in [1.807, 2.05) is 30.3 Å². The van der Waals surface area contributed by atoms with Gasteiger partial charge in [-0.25, -0.2) is 14.5 Å². The third-order valence-electron chi connectivity index (χ3n) is 6.03. The molecule has 0 bridgehead atoms. The highest BCUT2D eigenvalue weighted by Gasteiger charge is 2.18. The number of halogens is 1. The lowest BCUT2D eigenvalue weighted by Gasteiger charge is -2.36. The Bertz CT molecular complexity index is 1380. The summed E-state index contributed by atoms with van der Waals surface area (Å²) in [5.41, 5.74) is 3.72.